The van der Waals surface area contributed by atoms with Crippen molar-refractivity contribution >= 4 is 29.3 Å². The second-order valence-electron chi connectivity index (χ2n) is 4.83. The highest BCUT2D eigenvalue weighted by Crippen LogP contribution is 2.27. The molecule has 134 valence electrons. The van der Waals surface area contributed by atoms with Gasteiger partial charge in [-0.05, 0) is 36.0 Å². The van der Waals surface area contributed by atoms with Crippen molar-refractivity contribution in [1.82, 2.24) is 15.1 Å². The normalized spacial score (nSPS) is 10.9. The summed E-state index contributed by atoms with van der Waals surface area (Å²) in [5, 5.41) is 4.18. The van der Waals surface area contributed by atoms with E-state index >= 15 is 0 Å². The third-order valence-electron chi connectivity index (χ3n) is 3.07. The highest BCUT2D eigenvalue weighted by atomic mass is 35.5. The lowest BCUT2D eigenvalue weighted by molar-refractivity contribution is 0.0424. The minimum Gasteiger partial charge on any atom is -0.452 e. The van der Waals surface area contributed by atoms with Gasteiger partial charge in [-0.15, -0.1) is 0 Å². The van der Waals surface area contributed by atoms with E-state index in [1.165, 1.54) is 18.3 Å². The Morgan fingerprint density at radius 1 is 1.31 bits per heavy atom. The molecule has 0 aliphatic heterocycles. The van der Waals surface area contributed by atoms with Crippen LogP contribution in [-0.2, 0) is 11.3 Å². The summed E-state index contributed by atoms with van der Waals surface area (Å²) >= 11 is 6.07. The molecule has 2 aromatic heterocycles. The molecule has 10 heteroatoms. The number of esters is 1. The number of rotatable bonds is 6. The standard InChI is InChI=1S/C16H10ClF2N3O3S/c17-10-4-1-3-9(7-10)13-21-12(25-22-13)8-24-15(23)11-5-2-6-20-14(11)26-16(18)19/h1-7,16H,8H2. The van der Waals surface area contributed by atoms with Crippen LogP contribution < -0.4 is 0 Å². The fraction of sp³-hybridized carbons (Fsp3) is 0.125. The van der Waals surface area contributed by atoms with Gasteiger partial charge in [-0.3, -0.25) is 0 Å². The lowest BCUT2D eigenvalue weighted by Gasteiger charge is -2.06. The number of carbonyl (C=O) groups excluding carboxylic acids is 1. The number of nitrogens with zero attached hydrogens (tertiary/aromatic N) is 3. The molecule has 0 aliphatic rings. The molecule has 3 rings (SSSR count). The number of halogens is 3. The van der Waals surface area contributed by atoms with Gasteiger partial charge in [-0.1, -0.05) is 28.9 Å². The van der Waals surface area contributed by atoms with Gasteiger partial charge in [0, 0.05) is 16.8 Å². The number of carbonyl (C=O) groups is 1. The van der Waals surface area contributed by atoms with Crippen LogP contribution in [0.3, 0.4) is 0 Å². The molecule has 0 spiro atoms. The fourth-order valence-corrected chi connectivity index (χ4v) is 2.75. The van der Waals surface area contributed by atoms with E-state index < -0.39 is 11.7 Å². The predicted octanol–water partition coefficient (Wildman–Crippen LogP) is 4.46. The van der Waals surface area contributed by atoms with Gasteiger partial charge in [0.1, 0.15) is 5.03 Å². The molecule has 0 N–H and O–H groups in total. The Balaban J connectivity index is 1.67. The zero-order chi connectivity index (χ0) is 18.5. The highest BCUT2D eigenvalue weighted by Gasteiger charge is 2.19. The van der Waals surface area contributed by atoms with Crippen LogP contribution >= 0.6 is 23.4 Å². The summed E-state index contributed by atoms with van der Waals surface area (Å²) in [5.41, 5.74) is 0.578. The average Bonchev–Trinajstić information content (AvgIpc) is 3.09. The molecule has 1 aromatic carbocycles. The number of hydrogen-bond donors (Lipinski definition) is 0. The van der Waals surface area contributed by atoms with Crippen LogP contribution in [0.5, 0.6) is 0 Å². The van der Waals surface area contributed by atoms with Crippen molar-refractivity contribution in [2.24, 2.45) is 0 Å². The molecule has 6 nitrogen and oxygen atoms in total. The number of pyridine rings is 1. The quantitative estimate of drug-likeness (QED) is 0.449. The molecule has 0 radical (unpaired) electrons. The lowest BCUT2D eigenvalue weighted by atomic mass is 10.2. The monoisotopic (exact) mass is 397 g/mol. The molecule has 0 saturated carbocycles. The van der Waals surface area contributed by atoms with Gasteiger partial charge in [0.2, 0.25) is 5.82 Å². The Kier molecular flexibility index (Phi) is 5.79. The smallest absolute Gasteiger partial charge is 0.341 e. The topological polar surface area (TPSA) is 78.1 Å². The zero-order valence-corrected chi connectivity index (χ0v) is 14.5. The van der Waals surface area contributed by atoms with Crippen molar-refractivity contribution in [3.8, 4) is 11.4 Å². The van der Waals surface area contributed by atoms with Crippen molar-refractivity contribution in [2.45, 2.75) is 17.4 Å². The number of alkyl halides is 2. The van der Waals surface area contributed by atoms with Crippen molar-refractivity contribution < 1.29 is 22.8 Å². The third-order valence-corrected chi connectivity index (χ3v) is 4.03. The minimum atomic E-state index is -2.70. The van der Waals surface area contributed by atoms with Crippen molar-refractivity contribution in [3.05, 3.63) is 59.1 Å². The Hall–Kier alpha value is -2.52. The number of benzene rings is 1. The molecular formula is C16H10ClF2N3O3S. The first-order chi connectivity index (χ1) is 12.5. The maximum absolute atomic E-state index is 12.5. The van der Waals surface area contributed by atoms with Gasteiger partial charge in [0.25, 0.3) is 11.6 Å². The fourth-order valence-electron chi connectivity index (χ4n) is 1.99. The van der Waals surface area contributed by atoms with Gasteiger partial charge in [-0.25, -0.2) is 9.78 Å². The van der Waals surface area contributed by atoms with E-state index in [0.29, 0.717) is 10.6 Å². The number of aromatic nitrogens is 3. The van der Waals surface area contributed by atoms with Crippen LogP contribution in [-0.4, -0.2) is 26.9 Å². The Morgan fingerprint density at radius 2 is 2.15 bits per heavy atom. The van der Waals surface area contributed by atoms with Crippen molar-refractivity contribution in [2.75, 3.05) is 0 Å². The molecule has 0 bridgehead atoms. The molecule has 3 aromatic rings. The van der Waals surface area contributed by atoms with Crippen LogP contribution in [0.2, 0.25) is 5.02 Å². The van der Waals surface area contributed by atoms with Gasteiger partial charge >= 0.3 is 5.97 Å². The van der Waals surface area contributed by atoms with E-state index in [2.05, 4.69) is 15.1 Å². The van der Waals surface area contributed by atoms with E-state index in [4.69, 9.17) is 20.9 Å². The molecule has 0 aliphatic carbocycles. The minimum absolute atomic E-state index is 0.0558. The maximum atomic E-state index is 12.5. The van der Waals surface area contributed by atoms with E-state index in [9.17, 15) is 13.6 Å². The van der Waals surface area contributed by atoms with Crippen molar-refractivity contribution in [1.29, 1.82) is 0 Å². The summed E-state index contributed by atoms with van der Waals surface area (Å²) in [7, 11) is 0. The Labute approximate surface area is 155 Å². The molecule has 2 heterocycles. The van der Waals surface area contributed by atoms with E-state index in [0.717, 1.165) is 0 Å². The van der Waals surface area contributed by atoms with Gasteiger partial charge in [0.15, 0.2) is 6.61 Å². The van der Waals surface area contributed by atoms with Crippen molar-refractivity contribution in [3.63, 3.8) is 0 Å². The van der Waals surface area contributed by atoms with Gasteiger partial charge in [0.05, 0.1) is 5.56 Å². The molecule has 0 atom stereocenters. The van der Waals surface area contributed by atoms with Crippen LogP contribution in [0.15, 0.2) is 52.1 Å². The summed E-state index contributed by atoms with van der Waals surface area (Å²) in [4.78, 5) is 20.0. The molecule has 0 saturated heterocycles. The summed E-state index contributed by atoms with van der Waals surface area (Å²) < 4.78 is 35.1. The summed E-state index contributed by atoms with van der Waals surface area (Å²) in [6.07, 6.45) is 1.32. The van der Waals surface area contributed by atoms with E-state index in [-0.39, 0.29) is 40.7 Å². The SMILES string of the molecule is O=C(OCc1nc(-c2cccc(Cl)c2)no1)c1cccnc1SC(F)F. The third kappa shape index (κ3) is 4.55. The molecular weight excluding hydrogens is 388 g/mol. The zero-order valence-electron chi connectivity index (χ0n) is 12.9. The first-order valence-corrected chi connectivity index (χ1v) is 8.44. The lowest BCUT2D eigenvalue weighted by Crippen LogP contribution is -2.08. The number of hydrogen-bond acceptors (Lipinski definition) is 7. The number of ether oxygens (including phenoxy) is 1. The van der Waals surface area contributed by atoms with Crippen LogP contribution in [0.4, 0.5) is 8.78 Å². The Morgan fingerprint density at radius 3 is 2.92 bits per heavy atom. The summed E-state index contributed by atoms with van der Waals surface area (Å²) in [6, 6.07) is 9.65. The van der Waals surface area contributed by atoms with Crippen LogP contribution in [0.25, 0.3) is 11.4 Å². The van der Waals surface area contributed by atoms with E-state index in [1.54, 1.807) is 24.3 Å². The maximum Gasteiger partial charge on any atom is 0.341 e. The first-order valence-electron chi connectivity index (χ1n) is 7.18. The van der Waals surface area contributed by atoms with Crippen LogP contribution in [0.1, 0.15) is 16.2 Å². The van der Waals surface area contributed by atoms with Gasteiger partial charge in [-0.2, -0.15) is 13.8 Å². The first kappa shape index (κ1) is 18.3. The second-order valence-corrected chi connectivity index (χ2v) is 6.25. The van der Waals surface area contributed by atoms with Gasteiger partial charge < -0.3 is 9.26 Å². The summed E-state index contributed by atoms with van der Waals surface area (Å²) in [5.74, 6) is -3.18. The largest absolute Gasteiger partial charge is 0.452 e. The molecule has 26 heavy (non-hydrogen) atoms. The van der Waals surface area contributed by atoms with E-state index in [1.807, 2.05) is 0 Å². The highest BCUT2D eigenvalue weighted by molar-refractivity contribution is 7.99. The predicted molar refractivity (Wildman–Crippen MR) is 90.0 cm³/mol. The second kappa shape index (κ2) is 8.24. The molecule has 0 amide bonds. The number of thioether (sulfide) groups is 1. The summed E-state index contributed by atoms with van der Waals surface area (Å²) in [6.45, 7) is -0.305. The molecule has 0 unspecified atom stereocenters. The average molecular weight is 398 g/mol. The van der Waals surface area contributed by atoms with Crippen LogP contribution in [0, 0.1) is 0 Å². The molecule has 0 fully saturated rings. The Bertz CT molecular complexity index is 923.